The van der Waals surface area contributed by atoms with Crippen molar-refractivity contribution in [1.82, 2.24) is 5.32 Å². The van der Waals surface area contributed by atoms with Gasteiger partial charge >= 0.3 is 0 Å². The molecule has 0 aliphatic rings. The highest BCUT2D eigenvalue weighted by atomic mass is 35.5. The van der Waals surface area contributed by atoms with Crippen LogP contribution in [0.1, 0.15) is 28.3 Å². The maximum Gasteiger partial charge on any atom is 0.127 e. The lowest BCUT2D eigenvalue weighted by molar-refractivity contribution is 0.614. The fraction of sp³-hybridized carbons (Fsp3) is 0.286. The van der Waals surface area contributed by atoms with Crippen molar-refractivity contribution >= 4 is 22.9 Å². The van der Waals surface area contributed by atoms with E-state index in [4.69, 9.17) is 11.6 Å². The molecule has 1 aromatic carbocycles. The zero-order chi connectivity index (χ0) is 13.3. The molecule has 1 unspecified atom stereocenters. The van der Waals surface area contributed by atoms with Crippen LogP contribution < -0.4 is 5.32 Å². The van der Waals surface area contributed by atoms with Crippen LogP contribution in [0.5, 0.6) is 0 Å². The van der Waals surface area contributed by atoms with Gasteiger partial charge in [0.05, 0.1) is 6.04 Å². The second-order valence-corrected chi connectivity index (χ2v) is 5.51. The van der Waals surface area contributed by atoms with Gasteiger partial charge in [-0.3, -0.25) is 0 Å². The van der Waals surface area contributed by atoms with Crippen LogP contribution in [0.15, 0.2) is 22.9 Å². The van der Waals surface area contributed by atoms with Gasteiger partial charge in [0, 0.05) is 5.02 Å². The topological polar surface area (TPSA) is 12.0 Å². The molecule has 0 aliphatic carbocycles. The van der Waals surface area contributed by atoms with Gasteiger partial charge in [-0.1, -0.05) is 11.6 Å². The lowest BCUT2D eigenvalue weighted by Crippen LogP contribution is -2.18. The standard InChI is InChI=1S/C14H15ClFNS/c1-8-4-10(12(15)5-13(8)16)14(17-3)11-7-18-6-9(11)2/h4-7,14,17H,1-3H3. The molecule has 0 radical (unpaired) electrons. The summed E-state index contributed by atoms with van der Waals surface area (Å²) < 4.78 is 13.4. The summed E-state index contributed by atoms with van der Waals surface area (Å²) in [6.07, 6.45) is 0. The quantitative estimate of drug-likeness (QED) is 0.876. The van der Waals surface area contributed by atoms with Gasteiger partial charge in [-0.25, -0.2) is 4.39 Å². The summed E-state index contributed by atoms with van der Waals surface area (Å²) in [5, 5.41) is 7.91. The van der Waals surface area contributed by atoms with Crippen molar-refractivity contribution in [1.29, 1.82) is 0 Å². The Bertz CT molecular complexity index is 565. The van der Waals surface area contributed by atoms with Gasteiger partial charge in [0.1, 0.15) is 5.82 Å². The fourth-order valence-electron chi connectivity index (χ4n) is 2.05. The molecule has 0 saturated heterocycles. The second-order valence-electron chi connectivity index (χ2n) is 4.35. The highest BCUT2D eigenvalue weighted by Gasteiger charge is 2.19. The molecule has 1 heterocycles. The van der Waals surface area contributed by atoms with Crippen molar-refractivity contribution in [3.05, 3.63) is 56.0 Å². The molecule has 0 spiro atoms. The number of benzene rings is 1. The van der Waals surface area contributed by atoms with Crippen LogP contribution in [-0.4, -0.2) is 7.05 Å². The normalized spacial score (nSPS) is 12.7. The SMILES string of the molecule is CNC(c1cscc1C)c1cc(C)c(F)cc1Cl. The summed E-state index contributed by atoms with van der Waals surface area (Å²) in [6.45, 7) is 3.82. The predicted octanol–water partition coefficient (Wildman–Crippen LogP) is 4.47. The van der Waals surface area contributed by atoms with Gasteiger partial charge < -0.3 is 5.32 Å². The summed E-state index contributed by atoms with van der Waals surface area (Å²) in [6, 6.07) is 3.21. The van der Waals surface area contributed by atoms with Gasteiger partial charge in [0.15, 0.2) is 0 Å². The smallest absolute Gasteiger partial charge is 0.127 e. The van der Waals surface area contributed by atoms with Crippen LogP contribution in [0, 0.1) is 19.7 Å². The van der Waals surface area contributed by atoms with Crippen molar-refractivity contribution < 1.29 is 4.39 Å². The zero-order valence-electron chi connectivity index (χ0n) is 10.6. The summed E-state index contributed by atoms with van der Waals surface area (Å²) in [5.74, 6) is -0.263. The van der Waals surface area contributed by atoms with Crippen molar-refractivity contribution in [2.24, 2.45) is 0 Å². The van der Waals surface area contributed by atoms with E-state index in [-0.39, 0.29) is 11.9 Å². The zero-order valence-corrected chi connectivity index (χ0v) is 12.1. The Hall–Kier alpha value is -0.900. The van der Waals surface area contributed by atoms with Crippen LogP contribution in [-0.2, 0) is 0 Å². The molecule has 0 fully saturated rings. The van der Waals surface area contributed by atoms with Gasteiger partial charge in [0.25, 0.3) is 0 Å². The molecule has 1 N–H and O–H groups in total. The number of halogens is 2. The number of aryl methyl sites for hydroxylation is 2. The summed E-state index contributed by atoms with van der Waals surface area (Å²) in [5.41, 5.74) is 3.94. The number of hydrogen-bond acceptors (Lipinski definition) is 2. The molecule has 18 heavy (non-hydrogen) atoms. The van der Waals surface area contributed by atoms with Crippen LogP contribution in [0.2, 0.25) is 5.02 Å². The van der Waals surface area contributed by atoms with Gasteiger partial charge in [0.2, 0.25) is 0 Å². The molecule has 1 aromatic heterocycles. The van der Waals surface area contributed by atoms with Crippen molar-refractivity contribution in [2.75, 3.05) is 7.05 Å². The van der Waals surface area contributed by atoms with E-state index >= 15 is 0 Å². The molecule has 0 aliphatic heterocycles. The van der Waals surface area contributed by atoms with E-state index in [9.17, 15) is 4.39 Å². The van der Waals surface area contributed by atoms with Crippen LogP contribution in [0.3, 0.4) is 0 Å². The number of rotatable bonds is 3. The summed E-state index contributed by atoms with van der Waals surface area (Å²) in [7, 11) is 1.89. The minimum absolute atomic E-state index is 0.00282. The average Bonchev–Trinajstić information content (AvgIpc) is 2.73. The monoisotopic (exact) mass is 283 g/mol. The lowest BCUT2D eigenvalue weighted by Gasteiger charge is -2.19. The maximum atomic E-state index is 13.4. The van der Waals surface area contributed by atoms with E-state index in [2.05, 4.69) is 23.0 Å². The Kier molecular flexibility index (Phi) is 4.05. The molecule has 1 nitrogen and oxygen atoms in total. The largest absolute Gasteiger partial charge is 0.309 e. The van der Waals surface area contributed by atoms with E-state index in [1.165, 1.54) is 17.2 Å². The Morgan fingerprint density at radius 2 is 1.89 bits per heavy atom. The molecule has 0 amide bonds. The van der Waals surface area contributed by atoms with E-state index in [1.807, 2.05) is 13.1 Å². The number of nitrogens with one attached hydrogen (secondary N) is 1. The molecular formula is C14H15ClFNS. The third-order valence-electron chi connectivity index (χ3n) is 3.08. The molecule has 0 saturated carbocycles. The van der Waals surface area contributed by atoms with Gasteiger partial charge in [-0.2, -0.15) is 11.3 Å². The first-order chi connectivity index (χ1) is 8.54. The first kappa shape index (κ1) is 13.5. The molecule has 4 heteroatoms. The average molecular weight is 284 g/mol. The molecule has 2 rings (SSSR count). The van der Waals surface area contributed by atoms with Crippen molar-refractivity contribution in [3.8, 4) is 0 Å². The highest BCUT2D eigenvalue weighted by molar-refractivity contribution is 7.08. The number of thiophene rings is 1. The van der Waals surface area contributed by atoms with Crippen molar-refractivity contribution in [3.63, 3.8) is 0 Å². The third kappa shape index (κ3) is 2.44. The van der Waals surface area contributed by atoms with Crippen LogP contribution >= 0.6 is 22.9 Å². The minimum Gasteiger partial charge on any atom is -0.309 e. The van der Waals surface area contributed by atoms with E-state index in [0.717, 1.165) is 5.56 Å². The Labute approximate surface area is 116 Å². The maximum absolute atomic E-state index is 13.4. The first-order valence-corrected chi connectivity index (χ1v) is 7.02. The Balaban J connectivity index is 2.52. The fourth-order valence-corrected chi connectivity index (χ4v) is 3.18. The third-order valence-corrected chi connectivity index (χ3v) is 4.29. The molecule has 1 atom stereocenters. The summed E-state index contributed by atoms with van der Waals surface area (Å²) >= 11 is 7.83. The van der Waals surface area contributed by atoms with E-state index in [1.54, 1.807) is 18.3 Å². The van der Waals surface area contributed by atoms with E-state index in [0.29, 0.717) is 10.6 Å². The Morgan fingerprint density at radius 3 is 2.44 bits per heavy atom. The summed E-state index contributed by atoms with van der Waals surface area (Å²) in [4.78, 5) is 0. The molecular weight excluding hydrogens is 269 g/mol. The number of hydrogen-bond donors (Lipinski definition) is 1. The first-order valence-electron chi connectivity index (χ1n) is 5.70. The highest BCUT2D eigenvalue weighted by Crippen LogP contribution is 2.33. The van der Waals surface area contributed by atoms with Crippen molar-refractivity contribution in [2.45, 2.75) is 19.9 Å². The van der Waals surface area contributed by atoms with Crippen LogP contribution in [0.25, 0.3) is 0 Å². The van der Waals surface area contributed by atoms with Gasteiger partial charge in [-0.05, 0) is 66.0 Å². The molecule has 2 aromatic rings. The minimum atomic E-state index is -0.263. The molecule has 0 bridgehead atoms. The van der Waals surface area contributed by atoms with Crippen LogP contribution in [0.4, 0.5) is 4.39 Å². The predicted molar refractivity (Wildman–Crippen MR) is 76.1 cm³/mol. The lowest BCUT2D eigenvalue weighted by atomic mass is 9.97. The van der Waals surface area contributed by atoms with E-state index < -0.39 is 0 Å². The Morgan fingerprint density at radius 1 is 1.17 bits per heavy atom. The van der Waals surface area contributed by atoms with Gasteiger partial charge in [-0.15, -0.1) is 0 Å². The second kappa shape index (κ2) is 5.39. The molecule has 96 valence electrons.